The first kappa shape index (κ1) is 16.7. The van der Waals surface area contributed by atoms with Crippen LogP contribution in [0, 0.1) is 5.82 Å². The molecule has 132 valence electrons. The van der Waals surface area contributed by atoms with Crippen LogP contribution in [0.3, 0.4) is 0 Å². The number of aromatic carboxylic acids is 1. The van der Waals surface area contributed by atoms with E-state index in [-0.39, 0.29) is 11.4 Å². The number of hydrogen-bond acceptors (Lipinski definition) is 3. The lowest BCUT2D eigenvalue weighted by molar-refractivity contribution is 0.0697. The van der Waals surface area contributed by atoms with Gasteiger partial charge in [-0.05, 0) is 47.5 Å². The van der Waals surface area contributed by atoms with E-state index < -0.39 is 5.97 Å². The van der Waals surface area contributed by atoms with E-state index in [1.807, 2.05) is 24.3 Å². The second-order valence-corrected chi connectivity index (χ2v) is 5.95. The molecule has 0 aliphatic rings. The van der Waals surface area contributed by atoms with Crippen molar-refractivity contribution in [1.29, 1.82) is 0 Å². The highest BCUT2D eigenvalue weighted by molar-refractivity contribution is 5.89. The molecule has 1 aromatic heterocycles. The Morgan fingerprint density at radius 1 is 0.889 bits per heavy atom. The zero-order valence-corrected chi connectivity index (χ0v) is 14.1. The first-order valence-corrected chi connectivity index (χ1v) is 8.22. The Bertz CT molecular complexity index is 1100. The zero-order chi connectivity index (χ0) is 18.8. The molecule has 0 aliphatic carbocycles. The van der Waals surface area contributed by atoms with Crippen molar-refractivity contribution in [2.75, 3.05) is 0 Å². The highest BCUT2D eigenvalue weighted by atomic mass is 19.1. The summed E-state index contributed by atoms with van der Waals surface area (Å²) >= 11 is 0. The van der Waals surface area contributed by atoms with Crippen LogP contribution in [0.1, 0.15) is 10.4 Å². The van der Waals surface area contributed by atoms with Crippen LogP contribution in [0.4, 0.5) is 4.39 Å². The average molecular weight is 359 g/mol. The maximum Gasteiger partial charge on any atom is 0.335 e. The van der Waals surface area contributed by atoms with Crippen molar-refractivity contribution in [3.05, 3.63) is 90.5 Å². The summed E-state index contributed by atoms with van der Waals surface area (Å²) in [6.45, 7) is 0. The standard InChI is InChI=1S/C21H14FN3O2/c22-18-8-4-14(5-9-18)15-6-10-19(11-7-15)25-13-23-20(24-25)16-2-1-3-17(12-16)21(26)27/h1-13H,(H,26,27). The van der Waals surface area contributed by atoms with Crippen LogP contribution in [0.2, 0.25) is 0 Å². The zero-order valence-electron chi connectivity index (χ0n) is 14.1. The third-order valence-electron chi connectivity index (χ3n) is 4.17. The lowest BCUT2D eigenvalue weighted by Gasteiger charge is -2.04. The number of halogens is 1. The molecule has 3 aromatic carbocycles. The third kappa shape index (κ3) is 3.46. The Morgan fingerprint density at radius 2 is 1.56 bits per heavy atom. The summed E-state index contributed by atoms with van der Waals surface area (Å²) in [6.07, 6.45) is 1.58. The monoisotopic (exact) mass is 359 g/mol. The van der Waals surface area contributed by atoms with Crippen molar-refractivity contribution in [3.63, 3.8) is 0 Å². The highest BCUT2D eigenvalue weighted by Crippen LogP contribution is 2.22. The summed E-state index contributed by atoms with van der Waals surface area (Å²) < 4.78 is 14.7. The number of nitrogens with zero attached hydrogens (tertiary/aromatic N) is 3. The van der Waals surface area contributed by atoms with Gasteiger partial charge in [0.05, 0.1) is 11.3 Å². The fourth-order valence-electron chi connectivity index (χ4n) is 2.76. The number of carbonyl (C=O) groups is 1. The number of benzene rings is 3. The summed E-state index contributed by atoms with van der Waals surface area (Å²) in [7, 11) is 0. The van der Waals surface area contributed by atoms with Crippen molar-refractivity contribution >= 4 is 5.97 Å². The Kier molecular flexibility index (Phi) is 4.22. The second-order valence-electron chi connectivity index (χ2n) is 5.95. The first-order chi connectivity index (χ1) is 13.1. The normalized spacial score (nSPS) is 10.7. The summed E-state index contributed by atoms with van der Waals surface area (Å²) in [5.74, 6) is -0.814. The first-order valence-electron chi connectivity index (χ1n) is 8.22. The number of carboxylic acid groups (broad SMARTS) is 1. The quantitative estimate of drug-likeness (QED) is 0.585. The van der Waals surface area contributed by atoms with Gasteiger partial charge in [0.25, 0.3) is 0 Å². The van der Waals surface area contributed by atoms with E-state index in [1.165, 1.54) is 18.2 Å². The van der Waals surface area contributed by atoms with Gasteiger partial charge >= 0.3 is 5.97 Å². The molecular weight excluding hydrogens is 345 g/mol. The molecule has 0 unspecified atom stereocenters. The smallest absolute Gasteiger partial charge is 0.335 e. The van der Waals surface area contributed by atoms with Crippen LogP contribution in [0.25, 0.3) is 28.2 Å². The lowest BCUT2D eigenvalue weighted by atomic mass is 10.1. The summed E-state index contributed by atoms with van der Waals surface area (Å²) in [5.41, 5.74) is 3.53. The Morgan fingerprint density at radius 3 is 2.22 bits per heavy atom. The lowest BCUT2D eigenvalue weighted by Crippen LogP contribution is -1.97. The molecule has 0 fully saturated rings. The van der Waals surface area contributed by atoms with Crippen molar-refractivity contribution in [2.45, 2.75) is 0 Å². The molecule has 6 heteroatoms. The van der Waals surface area contributed by atoms with Gasteiger partial charge < -0.3 is 5.11 Å². The fraction of sp³-hybridized carbons (Fsp3) is 0. The number of carboxylic acids is 1. The van der Waals surface area contributed by atoms with Gasteiger partial charge in [-0.3, -0.25) is 0 Å². The minimum Gasteiger partial charge on any atom is -0.478 e. The topological polar surface area (TPSA) is 68.0 Å². The maximum absolute atomic E-state index is 13.0. The number of hydrogen-bond donors (Lipinski definition) is 1. The van der Waals surface area contributed by atoms with Gasteiger partial charge in [-0.15, -0.1) is 5.10 Å². The van der Waals surface area contributed by atoms with Crippen molar-refractivity contribution in [2.24, 2.45) is 0 Å². The second kappa shape index (κ2) is 6.84. The predicted octanol–water partition coefficient (Wildman–Crippen LogP) is 4.44. The molecule has 0 saturated carbocycles. The molecule has 4 rings (SSSR count). The van der Waals surface area contributed by atoms with Crippen LogP contribution in [-0.2, 0) is 0 Å². The van der Waals surface area contributed by atoms with Gasteiger partial charge in [0.15, 0.2) is 5.82 Å². The molecule has 27 heavy (non-hydrogen) atoms. The molecule has 1 N–H and O–H groups in total. The van der Waals surface area contributed by atoms with Crippen molar-refractivity contribution < 1.29 is 14.3 Å². The fourth-order valence-corrected chi connectivity index (χ4v) is 2.76. The number of aromatic nitrogens is 3. The summed E-state index contributed by atoms with van der Waals surface area (Å²) in [5, 5.41) is 13.5. The van der Waals surface area contributed by atoms with Gasteiger partial charge in [0.1, 0.15) is 12.1 Å². The molecule has 0 aliphatic heterocycles. The van der Waals surface area contributed by atoms with E-state index in [9.17, 15) is 9.18 Å². The molecule has 0 saturated heterocycles. The molecule has 0 spiro atoms. The Balaban J connectivity index is 1.61. The number of rotatable bonds is 4. The molecule has 5 nitrogen and oxygen atoms in total. The van der Waals surface area contributed by atoms with Crippen LogP contribution < -0.4 is 0 Å². The van der Waals surface area contributed by atoms with E-state index in [0.717, 1.165) is 16.8 Å². The molecular formula is C21H14FN3O2. The van der Waals surface area contributed by atoms with Crippen molar-refractivity contribution in [1.82, 2.24) is 14.8 Å². The van der Waals surface area contributed by atoms with Crippen LogP contribution in [-0.4, -0.2) is 25.8 Å². The van der Waals surface area contributed by atoms with E-state index in [4.69, 9.17) is 5.11 Å². The largest absolute Gasteiger partial charge is 0.478 e. The van der Waals surface area contributed by atoms with Crippen LogP contribution in [0.15, 0.2) is 79.1 Å². The van der Waals surface area contributed by atoms with Crippen molar-refractivity contribution in [3.8, 4) is 28.2 Å². The molecule has 4 aromatic rings. The molecule has 0 bridgehead atoms. The van der Waals surface area contributed by atoms with Gasteiger partial charge in [-0.25, -0.2) is 18.9 Å². The minimum atomic E-state index is -0.993. The van der Waals surface area contributed by atoms with E-state index in [0.29, 0.717) is 11.4 Å². The Hall–Kier alpha value is -3.80. The predicted molar refractivity (Wildman–Crippen MR) is 99.1 cm³/mol. The van der Waals surface area contributed by atoms with Crippen LogP contribution in [0.5, 0.6) is 0 Å². The summed E-state index contributed by atoms with van der Waals surface area (Å²) in [4.78, 5) is 15.4. The summed E-state index contributed by atoms with van der Waals surface area (Å²) in [6, 6.07) is 20.5. The maximum atomic E-state index is 13.0. The minimum absolute atomic E-state index is 0.188. The third-order valence-corrected chi connectivity index (χ3v) is 4.17. The van der Waals surface area contributed by atoms with E-state index >= 15 is 0 Å². The molecule has 0 radical (unpaired) electrons. The SMILES string of the molecule is O=C(O)c1cccc(-c2ncn(-c3ccc(-c4ccc(F)cc4)cc3)n2)c1. The molecule has 0 amide bonds. The molecule has 0 atom stereocenters. The van der Waals surface area contributed by atoms with E-state index in [2.05, 4.69) is 10.1 Å². The van der Waals surface area contributed by atoms with E-state index in [1.54, 1.807) is 41.3 Å². The van der Waals surface area contributed by atoms with Gasteiger partial charge in [-0.2, -0.15) is 0 Å². The van der Waals surface area contributed by atoms with Gasteiger partial charge in [0, 0.05) is 5.56 Å². The Labute approximate surface area is 154 Å². The average Bonchev–Trinajstić information content (AvgIpc) is 3.19. The molecule has 1 heterocycles. The van der Waals surface area contributed by atoms with Crippen LogP contribution >= 0.6 is 0 Å². The highest BCUT2D eigenvalue weighted by Gasteiger charge is 2.09. The van der Waals surface area contributed by atoms with Gasteiger partial charge in [-0.1, -0.05) is 36.4 Å². The van der Waals surface area contributed by atoms with Gasteiger partial charge in [0.2, 0.25) is 0 Å².